The fourth-order valence-corrected chi connectivity index (χ4v) is 3.72. The lowest BCUT2D eigenvalue weighted by Gasteiger charge is -2.29. The van der Waals surface area contributed by atoms with E-state index >= 15 is 0 Å². The number of fused-ring (bicyclic) bond motifs is 1. The molecular formula is C21H30N4O2S. The number of morpholine rings is 1. The molecule has 0 radical (unpaired) electrons. The van der Waals surface area contributed by atoms with E-state index in [1.54, 1.807) is 0 Å². The molecule has 7 heteroatoms. The van der Waals surface area contributed by atoms with E-state index in [2.05, 4.69) is 40.0 Å². The molecule has 0 aliphatic carbocycles. The normalized spacial score (nSPS) is 15.0. The van der Waals surface area contributed by atoms with Gasteiger partial charge in [-0.2, -0.15) is 0 Å². The van der Waals surface area contributed by atoms with Gasteiger partial charge in [-0.25, -0.2) is 0 Å². The molecule has 0 unspecified atom stereocenters. The summed E-state index contributed by atoms with van der Waals surface area (Å²) < 4.78 is 5.40. The summed E-state index contributed by atoms with van der Waals surface area (Å²) in [5.74, 6) is 0. The van der Waals surface area contributed by atoms with Crippen molar-refractivity contribution in [2.24, 2.45) is 0 Å². The maximum absolute atomic E-state index is 12.6. The van der Waals surface area contributed by atoms with Crippen LogP contribution in [0, 0.1) is 13.8 Å². The SMILES string of the molecule is CNC(=S)N(CCCN1CCOCC1)Cc1cc2cc(C)c(C)cc2[nH]c1=O. The number of hydrogen-bond acceptors (Lipinski definition) is 4. The van der Waals surface area contributed by atoms with Crippen molar-refractivity contribution in [2.75, 3.05) is 46.4 Å². The molecule has 0 amide bonds. The predicted molar refractivity (Wildman–Crippen MR) is 118 cm³/mol. The zero-order valence-electron chi connectivity index (χ0n) is 17.0. The van der Waals surface area contributed by atoms with Crippen molar-refractivity contribution in [3.05, 3.63) is 45.2 Å². The van der Waals surface area contributed by atoms with Gasteiger partial charge in [-0.15, -0.1) is 0 Å². The second-order valence-electron chi connectivity index (χ2n) is 7.43. The van der Waals surface area contributed by atoms with E-state index in [1.807, 2.05) is 19.2 Å². The number of aromatic amines is 1. The van der Waals surface area contributed by atoms with Gasteiger partial charge in [-0.05, 0) is 67.2 Å². The third kappa shape index (κ3) is 5.10. The predicted octanol–water partition coefficient (Wildman–Crippen LogP) is 2.17. The van der Waals surface area contributed by atoms with Crippen molar-refractivity contribution in [3.8, 4) is 0 Å². The van der Waals surface area contributed by atoms with E-state index in [1.165, 1.54) is 11.1 Å². The van der Waals surface area contributed by atoms with Crippen LogP contribution in [-0.2, 0) is 11.3 Å². The first-order valence-corrected chi connectivity index (χ1v) is 10.3. The van der Waals surface area contributed by atoms with Gasteiger partial charge in [0.25, 0.3) is 5.56 Å². The highest BCUT2D eigenvalue weighted by atomic mass is 32.1. The van der Waals surface area contributed by atoms with Gasteiger partial charge < -0.3 is 19.9 Å². The number of thiocarbonyl (C=S) groups is 1. The Bertz CT molecular complexity index is 890. The molecule has 1 saturated heterocycles. The van der Waals surface area contributed by atoms with Crippen LogP contribution in [0.25, 0.3) is 10.9 Å². The summed E-state index contributed by atoms with van der Waals surface area (Å²) in [6.45, 7) is 10.1. The first-order valence-electron chi connectivity index (χ1n) is 9.88. The van der Waals surface area contributed by atoms with E-state index in [-0.39, 0.29) is 5.56 Å². The molecule has 0 spiro atoms. The number of rotatable bonds is 6. The van der Waals surface area contributed by atoms with Gasteiger partial charge in [0.1, 0.15) is 0 Å². The summed E-state index contributed by atoms with van der Waals surface area (Å²) in [5, 5.41) is 4.78. The van der Waals surface area contributed by atoms with E-state index in [9.17, 15) is 4.79 Å². The largest absolute Gasteiger partial charge is 0.379 e. The highest BCUT2D eigenvalue weighted by molar-refractivity contribution is 7.80. The Labute approximate surface area is 171 Å². The van der Waals surface area contributed by atoms with Crippen molar-refractivity contribution >= 4 is 28.2 Å². The van der Waals surface area contributed by atoms with Crippen LogP contribution in [0.3, 0.4) is 0 Å². The fraction of sp³-hybridized carbons (Fsp3) is 0.524. The standard InChI is InChI=1S/C21H30N4O2S/c1-15-11-17-13-18(20(26)23-19(17)12-16(15)2)14-25(21(28)22-3)6-4-5-24-7-9-27-10-8-24/h11-13H,4-10,14H2,1-3H3,(H,22,28)(H,23,26). The van der Waals surface area contributed by atoms with Gasteiger partial charge >= 0.3 is 0 Å². The molecule has 1 aromatic carbocycles. The van der Waals surface area contributed by atoms with Crippen LogP contribution in [0.2, 0.25) is 0 Å². The summed E-state index contributed by atoms with van der Waals surface area (Å²) in [7, 11) is 1.83. The average molecular weight is 403 g/mol. The van der Waals surface area contributed by atoms with Crippen LogP contribution in [0.5, 0.6) is 0 Å². The molecule has 0 bridgehead atoms. The van der Waals surface area contributed by atoms with Gasteiger partial charge in [0.05, 0.1) is 19.8 Å². The minimum absolute atomic E-state index is 0.0483. The average Bonchev–Trinajstić information content (AvgIpc) is 2.69. The molecule has 6 nitrogen and oxygen atoms in total. The molecule has 152 valence electrons. The van der Waals surface area contributed by atoms with E-state index in [0.717, 1.165) is 62.3 Å². The van der Waals surface area contributed by atoms with Crippen molar-refractivity contribution in [1.82, 2.24) is 20.1 Å². The third-order valence-corrected chi connectivity index (χ3v) is 5.87. The molecule has 1 aliphatic heterocycles. The van der Waals surface area contributed by atoms with Crippen molar-refractivity contribution < 1.29 is 4.74 Å². The van der Waals surface area contributed by atoms with Crippen LogP contribution in [0.4, 0.5) is 0 Å². The quantitative estimate of drug-likeness (QED) is 0.723. The minimum atomic E-state index is -0.0483. The number of aryl methyl sites for hydroxylation is 2. The lowest BCUT2D eigenvalue weighted by atomic mass is 10.0. The number of hydrogen-bond donors (Lipinski definition) is 2. The van der Waals surface area contributed by atoms with E-state index in [0.29, 0.717) is 11.7 Å². The summed E-state index contributed by atoms with van der Waals surface area (Å²) in [5.41, 5.74) is 3.97. The highest BCUT2D eigenvalue weighted by Crippen LogP contribution is 2.18. The van der Waals surface area contributed by atoms with Gasteiger partial charge in [-0.1, -0.05) is 0 Å². The number of pyridine rings is 1. The summed E-state index contributed by atoms with van der Waals surface area (Å²) in [6, 6.07) is 6.16. The first-order chi connectivity index (χ1) is 13.5. The third-order valence-electron chi connectivity index (χ3n) is 5.40. The fourth-order valence-electron chi connectivity index (χ4n) is 3.57. The lowest BCUT2D eigenvalue weighted by Crippen LogP contribution is -2.41. The van der Waals surface area contributed by atoms with Crippen LogP contribution in [0.1, 0.15) is 23.1 Å². The summed E-state index contributed by atoms with van der Waals surface area (Å²) >= 11 is 5.49. The van der Waals surface area contributed by atoms with E-state index in [4.69, 9.17) is 17.0 Å². The van der Waals surface area contributed by atoms with Crippen LogP contribution >= 0.6 is 12.2 Å². The Morgan fingerprint density at radius 2 is 1.96 bits per heavy atom. The van der Waals surface area contributed by atoms with Gasteiger partial charge in [0.15, 0.2) is 5.11 Å². The Morgan fingerprint density at radius 1 is 1.25 bits per heavy atom. The molecule has 1 aliphatic rings. The minimum Gasteiger partial charge on any atom is -0.379 e. The van der Waals surface area contributed by atoms with E-state index < -0.39 is 0 Å². The zero-order valence-corrected chi connectivity index (χ0v) is 17.8. The molecular weight excluding hydrogens is 372 g/mol. The number of H-pyrrole nitrogens is 1. The van der Waals surface area contributed by atoms with Crippen LogP contribution < -0.4 is 10.9 Å². The van der Waals surface area contributed by atoms with Gasteiger partial charge in [0, 0.05) is 44.3 Å². The second-order valence-corrected chi connectivity index (χ2v) is 7.82. The Morgan fingerprint density at radius 3 is 2.68 bits per heavy atom. The van der Waals surface area contributed by atoms with Crippen molar-refractivity contribution in [2.45, 2.75) is 26.8 Å². The number of aromatic nitrogens is 1. The smallest absolute Gasteiger partial charge is 0.253 e. The maximum atomic E-state index is 12.6. The van der Waals surface area contributed by atoms with Crippen LogP contribution in [-0.4, -0.2) is 66.3 Å². The topological polar surface area (TPSA) is 60.6 Å². The number of benzene rings is 1. The lowest BCUT2D eigenvalue weighted by molar-refractivity contribution is 0.0367. The number of ether oxygens (including phenoxy) is 1. The molecule has 1 aromatic heterocycles. The number of nitrogens with one attached hydrogen (secondary N) is 2. The number of nitrogens with zero attached hydrogens (tertiary/aromatic N) is 2. The molecule has 2 aromatic rings. The zero-order chi connectivity index (χ0) is 20.1. The highest BCUT2D eigenvalue weighted by Gasteiger charge is 2.15. The molecule has 0 atom stereocenters. The Kier molecular flexibility index (Phi) is 7.04. The van der Waals surface area contributed by atoms with Gasteiger partial charge in [-0.3, -0.25) is 9.69 Å². The maximum Gasteiger partial charge on any atom is 0.253 e. The molecule has 28 heavy (non-hydrogen) atoms. The first kappa shape index (κ1) is 20.8. The second kappa shape index (κ2) is 9.49. The van der Waals surface area contributed by atoms with Crippen molar-refractivity contribution in [1.29, 1.82) is 0 Å². The summed E-state index contributed by atoms with van der Waals surface area (Å²) in [6.07, 6.45) is 0.992. The van der Waals surface area contributed by atoms with Crippen LogP contribution in [0.15, 0.2) is 23.0 Å². The summed E-state index contributed by atoms with van der Waals surface area (Å²) in [4.78, 5) is 20.1. The Hall–Kier alpha value is -1.96. The van der Waals surface area contributed by atoms with Gasteiger partial charge in [0.2, 0.25) is 0 Å². The Balaban J connectivity index is 1.72. The molecule has 3 rings (SSSR count). The monoisotopic (exact) mass is 402 g/mol. The molecule has 1 fully saturated rings. The molecule has 2 heterocycles. The molecule has 2 N–H and O–H groups in total. The van der Waals surface area contributed by atoms with Crippen molar-refractivity contribution in [3.63, 3.8) is 0 Å². The molecule has 0 saturated carbocycles.